The van der Waals surface area contributed by atoms with Gasteiger partial charge in [0.25, 0.3) is 0 Å². The highest BCUT2D eigenvalue weighted by atomic mass is 19.1. The number of carbonyl (C=O) groups excluding carboxylic acids is 1. The van der Waals surface area contributed by atoms with Gasteiger partial charge in [-0.25, -0.2) is 4.39 Å². The standard InChI is InChI=1S/C21H30FN3O2/c1-24-8-5-18(6-9-24)25-10-4-15-12-21(26)23-19-13-17(22)2-3-20(19)27-11-7-16(15)14-25/h2-3,13,15-16,18H,4-12,14H2,1H3,(H,23,26)/t15-,16-/m0/s1. The van der Waals surface area contributed by atoms with Crippen molar-refractivity contribution in [3.05, 3.63) is 24.0 Å². The Bertz CT molecular complexity index is 675. The second kappa shape index (κ2) is 8.15. The molecular weight excluding hydrogens is 345 g/mol. The number of likely N-dealkylation sites (tertiary alicyclic amines) is 2. The van der Waals surface area contributed by atoms with Crippen molar-refractivity contribution in [1.29, 1.82) is 0 Å². The van der Waals surface area contributed by atoms with E-state index in [1.165, 1.54) is 38.1 Å². The Kier molecular flexibility index (Phi) is 5.64. The number of nitrogens with zero attached hydrogens (tertiary/aromatic N) is 2. The van der Waals surface area contributed by atoms with E-state index in [1.807, 2.05) is 0 Å². The van der Waals surface area contributed by atoms with Gasteiger partial charge in [0.2, 0.25) is 5.91 Å². The Morgan fingerprint density at radius 1 is 1.11 bits per heavy atom. The fourth-order valence-corrected chi connectivity index (χ4v) is 4.88. The zero-order valence-electron chi connectivity index (χ0n) is 16.1. The van der Waals surface area contributed by atoms with Crippen LogP contribution in [0.15, 0.2) is 18.2 Å². The molecule has 3 aliphatic rings. The molecule has 1 aromatic rings. The zero-order chi connectivity index (χ0) is 18.8. The summed E-state index contributed by atoms with van der Waals surface area (Å²) in [6.07, 6.45) is 4.99. The van der Waals surface area contributed by atoms with Crippen LogP contribution in [0.2, 0.25) is 0 Å². The van der Waals surface area contributed by atoms with E-state index in [0.29, 0.717) is 42.3 Å². The van der Waals surface area contributed by atoms with Crippen molar-refractivity contribution >= 4 is 11.6 Å². The molecule has 2 saturated heterocycles. The Labute approximate surface area is 160 Å². The van der Waals surface area contributed by atoms with E-state index in [-0.39, 0.29) is 11.7 Å². The normalized spacial score (nSPS) is 28.6. The molecule has 6 heteroatoms. The van der Waals surface area contributed by atoms with E-state index in [1.54, 1.807) is 6.07 Å². The monoisotopic (exact) mass is 375 g/mol. The van der Waals surface area contributed by atoms with Crippen LogP contribution in [0.25, 0.3) is 0 Å². The Balaban J connectivity index is 1.44. The maximum absolute atomic E-state index is 13.5. The molecule has 4 rings (SSSR count). The van der Waals surface area contributed by atoms with Crippen LogP contribution in [0.1, 0.15) is 32.1 Å². The quantitative estimate of drug-likeness (QED) is 0.820. The van der Waals surface area contributed by atoms with Gasteiger partial charge in [0, 0.05) is 25.1 Å². The maximum Gasteiger partial charge on any atom is 0.224 e. The smallest absolute Gasteiger partial charge is 0.224 e. The molecule has 0 spiro atoms. The Morgan fingerprint density at radius 2 is 1.93 bits per heavy atom. The lowest BCUT2D eigenvalue weighted by atomic mass is 9.80. The number of rotatable bonds is 1. The van der Waals surface area contributed by atoms with Crippen LogP contribution < -0.4 is 10.1 Å². The molecule has 1 amide bonds. The van der Waals surface area contributed by atoms with Crippen LogP contribution in [0.4, 0.5) is 10.1 Å². The van der Waals surface area contributed by atoms with Crippen molar-refractivity contribution in [2.24, 2.45) is 11.8 Å². The van der Waals surface area contributed by atoms with E-state index in [2.05, 4.69) is 22.2 Å². The highest BCUT2D eigenvalue weighted by Crippen LogP contribution is 2.34. The summed E-state index contributed by atoms with van der Waals surface area (Å²) in [5.41, 5.74) is 0.446. The average molecular weight is 375 g/mol. The van der Waals surface area contributed by atoms with Crippen molar-refractivity contribution in [2.75, 3.05) is 45.2 Å². The second-order valence-electron chi connectivity index (χ2n) is 8.37. The fourth-order valence-electron chi connectivity index (χ4n) is 4.88. The van der Waals surface area contributed by atoms with Crippen molar-refractivity contribution in [3.8, 4) is 5.75 Å². The highest BCUT2D eigenvalue weighted by molar-refractivity contribution is 5.92. The minimum Gasteiger partial charge on any atom is -0.491 e. The van der Waals surface area contributed by atoms with Gasteiger partial charge in [-0.15, -0.1) is 0 Å². The first-order valence-electron chi connectivity index (χ1n) is 10.2. The molecule has 1 N–H and O–H groups in total. The first kappa shape index (κ1) is 18.7. The number of anilines is 1. The second-order valence-corrected chi connectivity index (χ2v) is 8.37. The lowest BCUT2D eigenvalue weighted by Gasteiger charge is -2.44. The van der Waals surface area contributed by atoms with Gasteiger partial charge >= 0.3 is 0 Å². The zero-order valence-corrected chi connectivity index (χ0v) is 16.1. The lowest BCUT2D eigenvalue weighted by Crippen LogP contribution is -2.50. The van der Waals surface area contributed by atoms with Crippen LogP contribution >= 0.6 is 0 Å². The number of nitrogens with one attached hydrogen (secondary N) is 1. The third-order valence-electron chi connectivity index (χ3n) is 6.54. The van der Waals surface area contributed by atoms with Gasteiger partial charge in [-0.1, -0.05) is 0 Å². The number of hydrogen-bond acceptors (Lipinski definition) is 4. The summed E-state index contributed by atoms with van der Waals surface area (Å²) >= 11 is 0. The van der Waals surface area contributed by atoms with Gasteiger partial charge in [-0.3, -0.25) is 9.69 Å². The summed E-state index contributed by atoms with van der Waals surface area (Å²) in [6.45, 7) is 5.10. The molecular formula is C21H30FN3O2. The maximum atomic E-state index is 13.5. The van der Waals surface area contributed by atoms with Crippen LogP contribution in [-0.2, 0) is 4.79 Å². The van der Waals surface area contributed by atoms with Gasteiger partial charge in [-0.05, 0) is 76.3 Å². The van der Waals surface area contributed by atoms with Crippen LogP contribution in [0, 0.1) is 17.7 Å². The Morgan fingerprint density at radius 3 is 2.74 bits per heavy atom. The number of piperidine rings is 2. The number of hydrogen-bond donors (Lipinski definition) is 1. The van der Waals surface area contributed by atoms with Gasteiger partial charge in [-0.2, -0.15) is 0 Å². The van der Waals surface area contributed by atoms with Crippen LogP contribution in [-0.4, -0.2) is 61.6 Å². The number of amides is 1. The SMILES string of the molecule is CN1CCC(N2CC[C@H]3CC(=O)Nc4cc(F)ccc4OCC[C@H]3C2)CC1. The lowest BCUT2D eigenvalue weighted by molar-refractivity contribution is -0.118. The molecule has 2 atom stereocenters. The Hall–Kier alpha value is -1.66. The number of ether oxygens (including phenoxy) is 1. The summed E-state index contributed by atoms with van der Waals surface area (Å²) in [6, 6.07) is 5.00. The molecule has 27 heavy (non-hydrogen) atoms. The van der Waals surface area contributed by atoms with E-state index >= 15 is 0 Å². The minimum atomic E-state index is -0.362. The van der Waals surface area contributed by atoms with E-state index < -0.39 is 0 Å². The predicted octanol–water partition coefficient (Wildman–Crippen LogP) is 2.97. The van der Waals surface area contributed by atoms with Crippen LogP contribution in [0.5, 0.6) is 5.75 Å². The number of benzene rings is 1. The molecule has 1 aromatic carbocycles. The molecule has 0 unspecified atom stereocenters. The summed E-state index contributed by atoms with van der Waals surface area (Å²) in [7, 11) is 2.20. The predicted molar refractivity (Wildman–Crippen MR) is 103 cm³/mol. The van der Waals surface area contributed by atoms with Crippen molar-refractivity contribution in [2.45, 2.75) is 38.1 Å². The molecule has 0 radical (unpaired) electrons. The van der Waals surface area contributed by atoms with E-state index in [4.69, 9.17) is 4.74 Å². The van der Waals surface area contributed by atoms with Gasteiger partial charge in [0.05, 0.1) is 12.3 Å². The first-order chi connectivity index (χ1) is 13.1. The molecule has 5 nitrogen and oxygen atoms in total. The van der Waals surface area contributed by atoms with Crippen molar-refractivity contribution in [3.63, 3.8) is 0 Å². The van der Waals surface area contributed by atoms with Crippen molar-refractivity contribution in [1.82, 2.24) is 9.80 Å². The third-order valence-corrected chi connectivity index (χ3v) is 6.54. The van der Waals surface area contributed by atoms with Crippen molar-refractivity contribution < 1.29 is 13.9 Å². The number of fused-ring (bicyclic) bond motifs is 2. The van der Waals surface area contributed by atoms with Crippen LogP contribution in [0.3, 0.4) is 0 Å². The minimum absolute atomic E-state index is 0.0323. The summed E-state index contributed by atoms with van der Waals surface area (Å²) < 4.78 is 19.4. The molecule has 0 aromatic heterocycles. The molecule has 0 bridgehead atoms. The highest BCUT2D eigenvalue weighted by Gasteiger charge is 2.34. The fraction of sp³-hybridized carbons (Fsp3) is 0.667. The molecule has 3 aliphatic heterocycles. The van der Waals surface area contributed by atoms with Gasteiger partial charge in [0.1, 0.15) is 11.6 Å². The first-order valence-corrected chi connectivity index (χ1v) is 10.2. The molecule has 3 heterocycles. The molecule has 0 aliphatic carbocycles. The van der Waals surface area contributed by atoms with Gasteiger partial charge in [0.15, 0.2) is 0 Å². The summed E-state index contributed by atoms with van der Waals surface area (Å²) in [5.74, 6) is 1.03. The summed E-state index contributed by atoms with van der Waals surface area (Å²) in [4.78, 5) is 17.6. The topological polar surface area (TPSA) is 44.8 Å². The number of carbonyl (C=O) groups is 1. The van der Waals surface area contributed by atoms with Gasteiger partial charge < -0.3 is 15.0 Å². The largest absolute Gasteiger partial charge is 0.491 e. The third kappa shape index (κ3) is 4.43. The molecule has 148 valence electrons. The molecule has 0 saturated carbocycles. The average Bonchev–Trinajstić information content (AvgIpc) is 2.65. The van der Waals surface area contributed by atoms with E-state index in [0.717, 1.165) is 25.9 Å². The van der Waals surface area contributed by atoms with E-state index in [9.17, 15) is 9.18 Å². The number of halogens is 1. The summed E-state index contributed by atoms with van der Waals surface area (Å²) in [5, 5.41) is 2.86. The molecule has 2 fully saturated rings.